The average molecular weight is 521 g/mol. The molecule has 0 N–H and O–H groups in total. The molecule has 0 aromatic heterocycles. The van der Waals surface area contributed by atoms with Gasteiger partial charge in [0.25, 0.3) is 0 Å². The number of ether oxygens (including phenoxy) is 1. The van der Waals surface area contributed by atoms with Crippen molar-refractivity contribution in [2.75, 3.05) is 6.61 Å². The maximum atomic E-state index is 15.0. The molecule has 0 bridgehead atoms. The lowest BCUT2D eigenvalue weighted by atomic mass is 9.78. The first-order valence-corrected chi connectivity index (χ1v) is 14.2. The highest BCUT2D eigenvalue weighted by Gasteiger charge is 2.23. The van der Waals surface area contributed by atoms with Crippen molar-refractivity contribution in [2.45, 2.75) is 77.0 Å². The van der Waals surface area contributed by atoms with E-state index in [4.69, 9.17) is 4.74 Å². The predicted octanol–water partition coefficient (Wildman–Crippen LogP) is 10.6. The first kappa shape index (κ1) is 28.0. The van der Waals surface area contributed by atoms with Gasteiger partial charge in [0, 0.05) is 5.56 Å². The molecule has 1 fully saturated rings. The Hall–Kier alpha value is -3.01. The van der Waals surface area contributed by atoms with Gasteiger partial charge < -0.3 is 4.74 Å². The molecule has 1 saturated carbocycles. The fourth-order valence-corrected chi connectivity index (χ4v) is 5.48. The summed E-state index contributed by atoms with van der Waals surface area (Å²) in [5.41, 5.74) is 3.11. The van der Waals surface area contributed by atoms with E-state index in [-0.39, 0.29) is 23.0 Å². The molecular formula is C34H39F3O. The Balaban J connectivity index is 1.39. The smallest absolute Gasteiger partial charge is 0.201 e. The Morgan fingerprint density at radius 3 is 2.11 bits per heavy atom. The number of benzene rings is 3. The molecule has 4 rings (SSSR count). The Kier molecular flexibility index (Phi) is 10.1. The summed E-state index contributed by atoms with van der Waals surface area (Å²) in [6, 6.07) is 15.6. The number of allylic oxidation sites excluding steroid dienone is 1. The largest absolute Gasteiger partial charge is 0.490 e. The van der Waals surface area contributed by atoms with E-state index in [2.05, 4.69) is 13.5 Å². The summed E-state index contributed by atoms with van der Waals surface area (Å²) in [4.78, 5) is 0. The van der Waals surface area contributed by atoms with Crippen molar-refractivity contribution in [3.05, 3.63) is 90.3 Å². The number of unbranched alkanes of at least 4 members (excludes halogenated alkanes) is 5. The lowest BCUT2D eigenvalue weighted by molar-refractivity contribution is 0.285. The molecule has 1 aliphatic rings. The summed E-state index contributed by atoms with van der Waals surface area (Å²) >= 11 is 0. The lowest BCUT2D eigenvalue weighted by Gasteiger charge is -2.27. The van der Waals surface area contributed by atoms with E-state index in [9.17, 15) is 8.78 Å². The second-order valence-electron chi connectivity index (χ2n) is 10.5. The lowest BCUT2D eigenvalue weighted by Crippen LogP contribution is -2.12. The van der Waals surface area contributed by atoms with E-state index < -0.39 is 11.6 Å². The van der Waals surface area contributed by atoms with Gasteiger partial charge in [-0.3, -0.25) is 0 Å². The van der Waals surface area contributed by atoms with E-state index in [0.29, 0.717) is 18.1 Å². The zero-order valence-corrected chi connectivity index (χ0v) is 22.5. The topological polar surface area (TPSA) is 9.23 Å². The van der Waals surface area contributed by atoms with Crippen LogP contribution in [0.2, 0.25) is 0 Å². The molecule has 0 radical (unpaired) electrons. The summed E-state index contributed by atoms with van der Waals surface area (Å²) in [6.07, 6.45) is 12.7. The van der Waals surface area contributed by atoms with Gasteiger partial charge >= 0.3 is 0 Å². The van der Waals surface area contributed by atoms with Crippen molar-refractivity contribution >= 4 is 0 Å². The fraction of sp³-hybridized carbons (Fsp3) is 0.412. The van der Waals surface area contributed by atoms with Crippen LogP contribution in [0, 0.1) is 23.4 Å². The van der Waals surface area contributed by atoms with Crippen LogP contribution in [0.1, 0.15) is 82.6 Å². The first-order chi connectivity index (χ1) is 18.5. The van der Waals surface area contributed by atoms with Crippen LogP contribution in [0.15, 0.2) is 67.3 Å². The molecule has 38 heavy (non-hydrogen) atoms. The molecule has 1 aliphatic carbocycles. The highest BCUT2D eigenvalue weighted by atomic mass is 19.2. The summed E-state index contributed by atoms with van der Waals surface area (Å²) in [5, 5.41) is 0. The van der Waals surface area contributed by atoms with Crippen LogP contribution >= 0.6 is 0 Å². The van der Waals surface area contributed by atoms with E-state index in [0.717, 1.165) is 61.6 Å². The molecule has 0 atom stereocenters. The number of halogens is 3. The van der Waals surface area contributed by atoms with Crippen molar-refractivity contribution in [1.82, 2.24) is 0 Å². The van der Waals surface area contributed by atoms with Gasteiger partial charge in [0.2, 0.25) is 5.82 Å². The second-order valence-corrected chi connectivity index (χ2v) is 10.5. The van der Waals surface area contributed by atoms with Gasteiger partial charge in [-0.2, -0.15) is 4.39 Å². The monoisotopic (exact) mass is 520 g/mol. The molecule has 3 aromatic rings. The standard InChI is InChI=1S/C34H39F3O/c1-3-5-6-7-8-9-22-38-32-21-20-30(33(36)34(32)37)27-16-14-25(15-17-27)28-18-19-29(31(35)23-28)26-12-10-24(4-2)11-13-26/h4,14-21,23-24,26H,2-3,5-13,22H2,1H3. The maximum Gasteiger partial charge on any atom is 0.201 e. The SMILES string of the molecule is C=CC1CCC(c2ccc(-c3ccc(-c4ccc(OCCCCCCCC)c(F)c4F)cc3)cc2F)CC1. The van der Waals surface area contributed by atoms with Crippen LogP contribution in [0.4, 0.5) is 13.2 Å². The number of hydrogen-bond donors (Lipinski definition) is 0. The van der Waals surface area contributed by atoms with Crippen LogP contribution in [-0.2, 0) is 0 Å². The maximum absolute atomic E-state index is 15.0. The van der Waals surface area contributed by atoms with E-state index in [1.807, 2.05) is 30.3 Å². The molecular weight excluding hydrogens is 481 g/mol. The predicted molar refractivity (Wildman–Crippen MR) is 151 cm³/mol. The van der Waals surface area contributed by atoms with Gasteiger partial charge in [-0.1, -0.05) is 81.5 Å². The molecule has 0 amide bonds. The first-order valence-electron chi connectivity index (χ1n) is 14.2. The number of rotatable bonds is 12. The van der Waals surface area contributed by atoms with Crippen molar-refractivity contribution in [3.8, 4) is 28.0 Å². The number of hydrogen-bond acceptors (Lipinski definition) is 1. The van der Waals surface area contributed by atoms with Gasteiger partial charge in [-0.05, 0) is 84.4 Å². The highest BCUT2D eigenvalue weighted by Crippen LogP contribution is 2.38. The van der Waals surface area contributed by atoms with Crippen molar-refractivity contribution in [2.24, 2.45) is 5.92 Å². The molecule has 3 aromatic carbocycles. The Bertz CT molecular complexity index is 1190. The van der Waals surface area contributed by atoms with Gasteiger partial charge in [0.1, 0.15) is 5.82 Å². The fourth-order valence-electron chi connectivity index (χ4n) is 5.48. The zero-order valence-electron chi connectivity index (χ0n) is 22.5. The Morgan fingerprint density at radius 1 is 0.763 bits per heavy atom. The second kappa shape index (κ2) is 13.7. The molecule has 0 heterocycles. The van der Waals surface area contributed by atoms with Crippen LogP contribution in [0.5, 0.6) is 5.75 Å². The molecule has 0 saturated heterocycles. The van der Waals surface area contributed by atoms with Gasteiger partial charge in [0.15, 0.2) is 11.6 Å². The molecule has 202 valence electrons. The zero-order chi connectivity index (χ0) is 26.9. The van der Waals surface area contributed by atoms with E-state index in [1.54, 1.807) is 24.3 Å². The Morgan fingerprint density at radius 2 is 1.42 bits per heavy atom. The quantitative estimate of drug-likeness (QED) is 0.170. The van der Waals surface area contributed by atoms with Crippen LogP contribution in [0.25, 0.3) is 22.3 Å². The molecule has 0 spiro atoms. The summed E-state index contributed by atoms with van der Waals surface area (Å²) in [5.74, 6) is -1.32. The minimum absolute atomic E-state index is 0.0510. The van der Waals surface area contributed by atoms with Crippen molar-refractivity contribution in [3.63, 3.8) is 0 Å². The summed E-state index contributed by atoms with van der Waals surface area (Å²) in [6.45, 7) is 6.44. The highest BCUT2D eigenvalue weighted by molar-refractivity contribution is 5.71. The summed E-state index contributed by atoms with van der Waals surface area (Å²) in [7, 11) is 0. The summed E-state index contributed by atoms with van der Waals surface area (Å²) < 4.78 is 50.1. The van der Waals surface area contributed by atoms with E-state index in [1.165, 1.54) is 25.3 Å². The van der Waals surface area contributed by atoms with Gasteiger partial charge in [-0.25, -0.2) is 8.78 Å². The van der Waals surface area contributed by atoms with Gasteiger partial charge in [-0.15, -0.1) is 6.58 Å². The average Bonchev–Trinajstić information content (AvgIpc) is 2.95. The third-order valence-electron chi connectivity index (χ3n) is 7.88. The van der Waals surface area contributed by atoms with Crippen molar-refractivity contribution < 1.29 is 17.9 Å². The minimum atomic E-state index is -0.961. The van der Waals surface area contributed by atoms with Crippen molar-refractivity contribution in [1.29, 1.82) is 0 Å². The van der Waals surface area contributed by atoms with E-state index >= 15 is 4.39 Å². The normalized spacial score (nSPS) is 17.4. The molecule has 0 aliphatic heterocycles. The minimum Gasteiger partial charge on any atom is -0.490 e. The molecule has 1 nitrogen and oxygen atoms in total. The third-order valence-corrected chi connectivity index (χ3v) is 7.88. The third kappa shape index (κ3) is 6.89. The van der Waals surface area contributed by atoms with Crippen LogP contribution in [-0.4, -0.2) is 6.61 Å². The van der Waals surface area contributed by atoms with Crippen LogP contribution in [0.3, 0.4) is 0 Å². The Labute approximate surface area is 225 Å². The molecule has 4 heteroatoms. The van der Waals surface area contributed by atoms with Gasteiger partial charge in [0.05, 0.1) is 6.61 Å². The van der Waals surface area contributed by atoms with Crippen LogP contribution < -0.4 is 4.74 Å². The molecule has 0 unspecified atom stereocenters.